The van der Waals surface area contributed by atoms with Gasteiger partial charge in [0, 0.05) is 30.2 Å². The first kappa shape index (κ1) is 28.6. The van der Waals surface area contributed by atoms with Crippen LogP contribution in [0.4, 0.5) is 28.0 Å². The molecular weight excluding hydrogens is 532 g/mol. The van der Waals surface area contributed by atoms with Crippen LogP contribution in [-0.2, 0) is 24.1 Å². The van der Waals surface area contributed by atoms with Gasteiger partial charge in [0.2, 0.25) is 5.91 Å². The molecule has 0 spiro atoms. The molecule has 2 heterocycles. The lowest BCUT2D eigenvalue weighted by atomic mass is 10.2. The average Bonchev–Trinajstić information content (AvgIpc) is 3.61. The van der Waals surface area contributed by atoms with Gasteiger partial charge in [-0.2, -0.15) is 13.2 Å². The molecule has 1 saturated heterocycles. The summed E-state index contributed by atoms with van der Waals surface area (Å²) < 4.78 is 53.0. The molecule has 2 aromatic carbocycles. The summed E-state index contributed by atoms with van der Waals surface area (Å²) in [6, 6.07) is 13.4. The maximum atomic E-state index is 13.6. The Balaban J connectivity index is 1.51. The zero-order valence-corrected chi connectivity index (χ0v) is 22.1. The summed E-state index contributed by atoms with van der Waals surface area (Å²) in [7, 11) is 0. The van der Waals surface area contributed by atoms with Gasteiger partial charge in [0.1, 0.15) is 12.4 Å². The number of nitrogens with zero attached hydrogens (tertiary/aromatic N) is 3. The molecule has 208 valence electrons. The van der Waals surface area contributed by atoms with Gasteiger partial charge in [0.25, 0.3) is 0 Å². The van der Waals surface area contributed by atoms with E-state index >= 15 is 0 Å². The second-order valence-corrected chi connectivity index (χ2v) is 10.5. The summed E-state index contributed by atoms with van der Waals surface area (Å²) in [4.78, 5) is 32.9. The van der Waals surface area contributed by atoms with Gasteiger partial charge in [-0.3, -0.25) is 4.79 Å². The highest BCUT2D eigenvalue weighted by molar-refractivity contribution is 7.09. The van der Waals surface area contributed by atoms with Gasteiger partial charge in [-0.05, 0) is 73.3 Å². The van der Waals surface area contributed by atoms with Crippen molar-refractivity contribution in [3.63, 3.8) is 0 Å². The number of halogens is 4. The largest absolute Gasteiger partial charge is 0.416 e. The third-order valence-electron chi connectivity index (χ3n) is 6.51. The normalized spacial score (nSPS) is 13.8. The van der Waals surface area contributed by atoms with Gasteiger partial charge in [0.05, 0.1) is 12.1 Å². The minimum atomic E-state index is -4.55. The number of anilines is 1. The highest BCUT2D eigenvalue weighted by Crippen LogP contribution is 2.30. The summed E-state index contributed by atoms with van der Waals surface area (Å²) in [5.74, 6) is -0.706. The van der Waals surface area contributed by atoms with Crippen LogP contribution in [0, 0.1) is 5.82 Å². The Bertz CT molecular complexity index is 1230. The molecule has 1 aromatic heterocycles. The summed E-state index contributed by atoms with van der Waals surface area (Å²) >= 11 is 1.49. The second kappa shape index (κ2) is 13.1. The van der Waals surface area contributed by atoms with Crippen molar-refractivity contribution < 1.29 is 27.2 Å². The Hall–Kier alpha value is -3.44. The number of urea groups is 1. The van der Waals surface area contributed by atoms with Crippen molar-refractivity contribution in [1.82, 2.24) is 14.7 Å². The highest BCUT2D eigenvalue weighted by Gasteiger charge is 2.31. The number of nitrogens with one attached hydrogen (secondary N) is 1. The van der Waals surface area contributed by atoms with Gasteiger partial charge in [0.15, 0.2) is 0 Å². The van der Waals surface area contributed by atoms with E-state index in [0.717, 1.165) is 48.5 Å². The monoisotopic (exact) mass is 562 g/mol. The lowest BCUT2D eigenvalue weighted by molar-refractivity contribution is -0.137. The molecule has 3 aromatic rings. The Morgan fingerprint density at radius 1 is 0.949 bits per heavy atom. The van der Waals surface area contributed by atoms with Crippen molar-refractivity contribution in [2.45, 2.75) is 32.1 Å². The maximum Gasteiger partial charge on any atom is 0.416 e. The van der Waals surface area contributed by atoms with E-state index < -0.39 is 17.8 Å². The molecule has 1 N–H and O–H groups in total. The summed E-state index contributed by atoms with van der Waals surface area (Å²) in [5.41, 5.74) is -0.144. The molecule has 0 aliphatic carbocycles. The fourth-order valence-electron chi connectivity index (χ4n) is 4.39. The molecule has 0 unspecified atom stereocenters. The minimum absolute atomic E-state index is 0.00444. The average molecular weight is 563 g/mol. The summed E-state index contributed by atoms with van der Waals surface area (Å²) in [6.07, 6.45) is -2.43. The molecule has 1 fully saturated rings. The number of alkyl halides is 3. The fourth-order valence-corrected chi connectivity index (χ4v) is 5.11. The summed E-state index contributed by atoms with van der Waals surface area (Å²) in [5, 5.41) is 4.44. The molecule has 11 heteroatoms. The van der Waals surface area contributed by atoms with Gasteiger partial charge in [-0.15, -0.1) is 11.3 Å². The Labute approximate surface area is 228 Å². The van der Waals surface area contributed by atoms with E-state index in [1.807, 2.05) is 17.5 Å². The fraction of sp³-hybridized carbons (Fsp3) is 0.357. The van der Waals surface area contributed by atoms with E-state index in [-0.39, 0.29) is 37.0 Å². The van der Waals surface area contributed by atoms with Crippen LogP contribution >= 0.6 is 11.3 Å². The number of benzene rings is 2. The zero-order chi connectivity index (χ0) is 27.8. The van der Waals surface area contributed by atoms with Crippen LogP contribution in [0.15, 0.2) is 66.0 Å². The van der Waals surface area contributed by atoms with Crippen molar-refractivity contribution >= 4 is 29.0 Å². The maximum absolute atomic E-state index is 13.6. The van der Waals surface area contributed by atoms with Crippen LogP contribution < -0.4 is 5.32 Å². The first-order valence-corrected chi connectivity index (χ1v) is 13.6. The minimum Gasteiger partial charge on any atom is -0.332 e. The van der Waals surface area contributed by atoms with Crippen LogP contribution in [0.2, 0.25) is 0 Å². The van der Waals surface area contributed by atoms with Crippen molar-refractivity contribution in [3.8, 4) is 0 Å². The van der Waals surface area contributed by atoms with E-state index in [4.69, 9.17) is 0 Å². The van der Waals surface area contributed by atoms with E-state index in [2.05, 4.69) is 10.2 Å². The number of amides is 3. The predicted molar refractivity (Wildman–Crippen MR) is 143 cm³/mol. The van der Waals surface area contributed by atoms with E-state index in [9.17, 15) is 27.2 Å². The van der Waals surface area contributed by atoms with E-state index in [0.29, 0.717) is 13.1 Å². The van der Waals surface area contributed by atoms with Crippen LogP contribution in [0.25, 0.3) is 0 Å². The van der Waals surface area contributed by atoms with Crippen molar-refractivity contribution in [2.75, 3.05) is 38.0 Å². The van der Waals surface area contributed by atoms with Crippen molar-refractivity contribution in [1.29, 1.82) is 0 Å². The quantitative estimate of drug-likeness (QED) is 0.306. The lowest BCUT2D eigenvalue weighted by Gasteiger charge is -2.29. The smallest absolute Gasteiger partial charge is 0.332 e. The van der Waals surface area contributed by atoms with Gasteiger partial charge >= 0.3 is 12.2 Å². The Morgan fingerprint density at radius 2 is 1.69 bits per heavy atom. The first-order chi connectivity index (χ1) is 18.7. The predicted octanol–water partition coefficient (Wildman–Crippen LogP) is 6.06. The summed E-state index contributed by atoms with van der Waals surface area (Å²) in [6.45, 7) is 2.84. The van der Waals surface area contributed by atoms with Gasteiger partial charge < -0.3 is 20.0 Å². The Kier molecular flexibility index (Phi) is 9.58. The topological polar surface area (TPSA) is 55.9 Å². The number of thiophene rings is 1. The van der Waals surface area contributed by atoms with Crippen LogP contribution in [0.5, 0.6) is 0 Å². The molecule has 1 aliphatic heterocycles. The number of hydrogen-bond acceptors (Lipinski definition) is 4. The molecule has 0 radical (unpaired) electrons. The van der Waals surface area contributed by atoms with E-state index in [1.54, 1.807) is 17.0 Å². The number of hydrogen-bond donors (Lipinski definition) is 1. The third kappa shape index (κ3) is 8.52. The zero-order valence-electron chi connectivity index (χ0n) is 21.3. The number of carbonyl (C=O) groups is 2. The molecule has 0 saturated carbocycles. The SMILES string of the molecule is O=C(CN(CCN1CCCC1)C(=O)Nc1cccc(C(F)(F)F)c1)N(Cc1ccc(F)cc1)Cc1cccs1. The lowest BCUT2D eigenvalue weighted by Crippen LogP contribution is -2.46. The number of rotatable bonds is 10. The van der Waals surface area contributed by atoms with Crippen LogP contribution in [0.1, 0.15) is 28.8 Å². The Morgan fingerprint density at radius 3 is 2.36 bits per heavy atom. The highest BCUT2D eigenvalue weighted by atomic mass is 32.1. The van der Waals surface area contributed by atoms with Gasteiger partial charge in [-0.1, -0.05) is 24.3 Å². The van der Waals surface area contributed by atoms with Crippen molar-refractivity contribution in [3.05, 3.63) is 87.9 Å². The molecule has 0 atom stereocenters. The second-order valence-electron chi connectivity index (χ2n) is 9.43. The van der Waals surface area contributed by atoms with Crippen LogP contribution in [0.3, 0.4) is 0 Å². The molecule has 1 aliphatic rings. The number of likely N-dealkylation sites (tertiary alicyclic amines) is 1. The van der Waals surface area contributed by atoms with Crippen molar-refractivity contribution in [2.24, 2.45) is 0 Å². The molecule has 4 rings (SSSR count). The molecule has 0 bridgehead atoms. The number of carbonyl (C=O) groups excluding carboxylic acids is 2. The molecule has 3 amide bonds. The first-order valence-electron chi connectivity index (χ1n) is 12.7. The standard InChI is InChI=1S/C28H30F4N4O2S/c29-23-10-8-21(9-11-23)18-36(19-25-7-4-16-39-25)26(37)20-35(15-14-34-12-1-2-13-34)27(38)33-24-6-3-5-22(17-24)28(30,31)32/h3-11,16-17H,1-2,12-15,18-20H2,(H,33,38). The molecule has 39 heavy (non-hydrogen) atoms. The van der Waals surface area contributed by atoms with Crippen LogP contribution in [-0.4, -0.2) is 59.4 Å². The van der Waals surface area contributed by atoms with E-state index in [1.165, 1.54) is 40.5 Å². The molecule has 6 nitrogen and oxygen atoms in total. The third-order valence-corrected chi connectivity index (χ3v) is 7.37. The van der Waals surface area contributed by atoms with Gasteiger partial charge in [-0.25, -0.2) is 9.18 Å². The molecular formula is C28H30F4N4O2S.